The zero-order valence-electron chi connectivity index (χ0n) is 16.5. The molecule has 0 aliphatic heterocycles. The van der Waals surface area contributed by atoms with Gasteiger partial charge >= 0.3 is 6.09 Å². The Labute approximate surface area is 167 Å². The summed E-state index contributed by atoms with van der Waals surface area (Å²) in [7, 11) is 0. The van der Waals surface area contributed by atoms with E-state index in [0.717, 1.165) is 11.2 Å². The lowest BCUT2D eigenvalue weighted by atomic mass is 10.0. The molecule has 10 heteroatoms. The van der Waals surface area contributed by atoms with Crippen LogP contribution in [0.2, 0.25) is 0 Å². The predicted octanol–water partition coefficient (Wildman–Crippen LogP) is 3.22. The van der Waals surface area contributed by atoms with E-state index in [9.17, 15) is 9.18 Å². The van der Waals surface area contributed by atoms with Crippen molar-refractivity contribution in [3.8, 4) is 0 Å². The number of halogens is 1. The number of aromatic amines is 1. The Kier molecular flexibility index (Phi) is 5.08. The van der Waals surface area contributed by atoms with E-state index in [1.807, 2.05) is 26.8 Å². The third-order valence-corrected chi connectivity index (χ3v) is 4.92. The molecule has 4 rings (SSSR count). The fourth-order valence-electron chi connectivity index (χ4n) is 3.63. The van der Waals surface area contributed by atoms with E-state index in [1.165, 1.54) is 0 Å². The van der Waals surface area contributed by atoms with Crippen LogP contribution >= 0.6 is 0 Å². The van der Waals surface area contributed by atoms with Crippen molar-refractivity contribution in [2.24, 2.45) is 0 Å². The number of alkyl halides is 1. The van der Waals surface area contributed by atoms with Crippen LogP contribution in [0.25, 0.3) is 5.52 Å². The number of anilines is 2. The van der Waals surface area contributed by atoms with Gasteiger partial charge in [0.25, 0.3) is 0 Å². The maximum Gasteiger partial charge on any atom is 0.407 e. The van der Waals surface area contributed by atoms with E-state index < -0.39 is 24.3 Å². The molecule has 9 nitrogen and oxygen atoms in total. The summed E-state index contributed by atoms with van der Waals surface area (Å²) in [6.07, 6.45) is 1.81. The largest absolute Gasteiger partial charge is 0.443 e. The van der Waals surface area contributed by atoms with E-state index in [-0.39, 0.29) is 6.04 Å². The summed E-state index contributed by atoms with van der Waals surface area (Å²) in [4.78, 5) is 16.1. The van der Waals surface area contributed by atoms with Crippen molar-refractivity contribution in [1.82, 2.24) is 30.1 Å². The molecule has 29 heavy (non-hydrogen) atoms. The summed E-state index contributed by atoms with van der Waals surface area (Å²) < 4.78 is 21.9. The minimum Gasteiger partial charge on any atom is -0.443 e. The molecular weight excluding hydrogens is 377 g/mol. The molecule has 3 atom stereocenters. The number of aromatic nitrogens is 5. The van der Waals surface area contributed by atoms with Crippen LogP contribution in [0.1, 0.15) is 44.0 Å². The number of fused-ring (bicyclic) bond motifs is 1. The maximum atomic E-state index is 14.9. The molecule has 1 aliphatic carbocycles. The molecule has 0 saturated heterocycles. The van der Waals surface area contributed by atoms with Crippen molar-refractivity contribution in [1.29, 1.82) is 0 Å². The Morgan fingerprint density at radius 1 is 1.38 bits per heavy atom. The standard InChI is InChI=1S/C19H24FN7O2/c1-10(2)22-19(28)29-15-5-4-12(17(15)20)13-9-16(25-24-13)23-18-14-8-11(3)26-27(14)7-6-21-18/h6-10,12,15,17H,4-5H2,1-3H3,(H,22,28)(H2,21,23,24,25)/t12-,15-,17-/m0/s1. The summed E-state index contributed by atoms with van der Waals surface area (Å²) in [5.74, 6) is 0.741. The number of nitrogens with zero attached hydrogens (tertiary/aromatic N) is 4. The van der Waals surface area contributed by atoms with Crippen LogP contribution in [0.3, 0.4) is 0 Å². The number of carbonyl (C=O) groups is 1. The second-order valence-electron chi connectivity index (χ2n) is 7.60. The first-order chi connectivity index (χ1) is 13.9. The minimum absolute atomic E-state index is 0.0587. The quantitative estimate of drug-likeness (QED) is 0.606. The van der Waals surface area contributed by atoms with E-state index in [4.69, 9.17) is 4.74 Å². The maximum absolute atomic E-state index is 14.9. The van der Waals surface area contributed by atoms with Crippen LogP contribution in [0, 0.1) is 6.92 Å². The molecule has 3 aromatic heterocycles. The first-order valence-electron chi connectivity index (χ1n) is 9.65. The van der Waals surface area contributed by atoms with E-state index in [2.05, 4.69) is 30.9 Å². The third-order valence-electron chi connectivity index (χ3n) is 4.92. The highest BCUT2D eigenvalue weighted by molar-refractivity contribution is 5.72. The molecule has 154 valence electrons. The number of alkyl carbamates (subject to hydrolysis) is 1. The molecular formula is C19H24FN7O2. The van der Waals surface area contributed by atoms with Gasteiger partial charge in [0.2, 0.25) is 0 Å². The van der Waals surface area contributed by atoms with Crippen LogP contribution < -0.4 is 10.6 Å². The van der Waals surface area contributed by atoms with Gasteiger partial charge in [0.05, 0.1) is 5.69 Å². The second kappa shape index (κ2) is 7.69. The van der Waals surface area contributed by atoms with Crippen molar-refractivity contribution in [2.75, 3.05) is 5.32 Å². The molecule has 0 spiro atoms. The molecule has 3 heterocycles. The molecule has 1 aliphatic rings. The van der Waals surface area contributed by atoms with Crippen molar-refractivity contribution in [3.63, 3.8) is 0 Å². The first kappa shape index (κ1) is 19.2. The molecule has 1 saturated carbocycles. The number of rotatable bonds is 5. The van der Waals surface area contributed by atoms with Gasteiger partial charge in [-0.25, -0.2) is 18.7 Å². The monoisotopic (exact) mass is 401 g/mol. The molecule has 0 aromatic carbocycles. The minimum atomic E-state index is -1.29. The molecule has 3 aromatic rings. The second-order valence-corrected chi connectivity index (χ2v) is 7.60. The average molecular weight is 401 g/mol. The lowest BCUT2D eigenvalue weighted by Gasteiger charge is -2.18. The van der Waals surface area contributed by atoms with Gasteiger partial charge in [-0.1, -0.05) is 0 Å². The highest BCUT2D eigenvalue weighted by atomic mass is 19.1. The van der Waals surface area contributed by atoms with Gasteiger partial charge in [0.15, 0.2) is 11.6 Å². The number of nitrogens with one attached hydrogen (secondary N) is 3. The van der Waals surface area contributed by atoms with Gasteiger partial charge in [-0.3, -0.25) is 5.10 Å². The normalized spacial score (nSPS) is 21.6. The third kappa shape index (κ3) is 4.01. The Morgan fingerprint density at radius 2 is 2.21 bits per heavy atom. The number of ether oxygens (including phenoxy) is 1. The number of hydrogen-bond acceptors (Lipinski definition) is 6. The zero-order valence-corrected chi connectivity index (χ0v) is 16.5. The van der Waals surface area contributed by atoms with Gasteiger partial charge in [0.1, 0.15) is 17.8 Å². The Balaban J connectivity index is 1.44. The summed E-state index contributed by atoms with van der Waals surface area (Å²) in [5.41, 5.74) is 2.36. The molecule has 0 bridgehead atoms. The topological polar surface area (TPSA) is 109 Å². The highest BCUT2D eigenvalue weighted by Crippen LogP contribution is 2.38. The summed E-state index contributed by atoms with van der Waals surface area (Å²) in [5, 5.41) is 17.3. The van der Waals surface area contributed by atoms with E-state index in [1.54, 1.807) is 23.0 Å². The van der Waals surface area contributed by atoms with Crippen LogP contribution in [-0.2, 0) is 4.74 Å². The highest BCUT2D eigenvalue weighted by Gasteiger charge is 2.40. The SMILES string of the molecule is Cc1cc2c(Nc3cc([C@@H]4CC[C@H](OC(=O)NC(C)C)[C@H]4F)[nH]n3)nccn2n1. The van der Waals surface area contributed by atoms with E-state index >= 15 is 0 Å². The molecule has 1 amide bonds. The smallest absolute Gasteiger partial charge is 0.407 e. The number of hydrogen-bond donors (Lipinski definition) is 3. The number of amides is 1. The van der Waals surface area contributed by atoms with Crippen LogP contribution in [-0.4, -0.2) is 49.2 Å². The summed E-state index contributed by atoms with van der Waals surface area (Å²) >= 11 is 0. The van der Waals surface area contributed by atoms with Gasteiger partial charge in [0, 0.05) is 36.1 Å². The van der Waals surface area contributed by atoms with Crippen LogP contribution in [0.5, 0.6) is 0 Å². The summed E-state index contributed by atoms with van der Waals surface area (Å²) in [6.45, 7) is 5.56. The van der Waals surface area contributed by atoms with Crippen molar-refractivity contribution in [3.05, 3.63) is 35.9 Å². The van der Waals surface area contributed by atoms with Gasteiger partial charge in [-0.15, -0.1) is 0 Å². The van der Waals surface area contributed by atoms with Gasteiger partial charge in [-0.05, 0) is 39.7 Å². The fraction of sp³-hybridized carbons (Fsp3) is 0.474. The lowest BCUT2D eigenvalue weighted by Crippen LogP contribution is -2.36. The van der Waals surface area contributed by atoms with Gasteiger partial charge in [-0.2, -0.15) is 10.2 Å². The molecule has 0 unspecified atom stereocenters. The predicted molar refractivity (Wildman–Crippen MR) is 105 cm³/mol. The van der Waals surface area contributed by atoms with Crippen molar-refractivity contribution in [2.45, 2.75) is 57.8 Å². The van der Waals surface area contributed by atoms with Crippen LogP contribution in [0.4, 0.5) is 20.8 Å². The summed E-state index contributed by atoms with van der Waals surface area (Å²) in [6, 6.07) is 3.63. The molecule has 1 fully saturated rings. The van der Waals surface area contributed by atoms with Crippen LogP contribution in [0.15, 0.2) is 24.5 Å². The van der Waals surface area contributed by atoms with E-state index in [0.29, 0.717) is 30.2 Å². The molecule has 3 N–H and O–H groups in total. The van der Waals surface area contributed by atoms with Gasteiger partial charge < -0.3 is 15.4 Å². The Morgan fingerprint density at radius 3 is 3.00 bits per heavy atom. The first-order valence-corrected chi connectivity index (χ1v) is 9.65. The molecule has 0 radical (unpaired) electrons. The fourth-order valence-corrected chi connectivity index (χ4v) is 3.63. The van der Waals surface area contributed by atoms with Crippen molar-refractivity contribution >= 4 is 23.2 Å². The Hall–Kier alpha value is -3.17. The average Bonchev–Trinajstić information content (AvgIpc) is 3.34. The van der Waals surface area contributed by atoms with Crippen molar-refractivity contribution < 1.29 is 13.9 Å². The number of H-pyrrole nitrogens is 1. The lowest BCUT2D eigenvalue weighted by molar-refractivity contribution is 0.0555. The number of aryl methyl sites for hydroxylation is 1. The number of carbonyl (C=O) groups excluding carboxylic acids is 1. The zero-order chi connectivity index (χ0) is 20.5. The Bertz CT molecular complexity index is 1020.